The standard InChI is InChI=1S/C45H48N4O2/c1-29-21-34(49-41-18-17-33(44(2,3)4)26-38(41)45(5,6)37-15-12-20-47-42(37)49)27-35(22-29)51-36-24-31(39-16-10-11-19-46-39)23-32(25-36)43-48-40(28-50-43)30-13-8-7-9-14-30/h10-12,15-27,30,40H,7-9,13-14,28H2,1-6H3/t40-/m0/s1. The van der Waals surface area contributed by atoms with Crippen LogP contribution >= 0.6 is 0 Å². The molecule has 0 N–H and O–H groups in total. The number of anilines is 3. The zero-order valence-corrected chi connectivity index (χ0v) is 30.7. The molecule has 0 bridgehead atoms. The number of rotatable bonds is 6. The van der Waals surface area contributed by atoms with Crippen molar-refractivity contribution >= 4 is 23.1 Å². The quantitative estimate of drug-likeness (QED) is 0.179. The van der Waals surface area contributed by atoms with Crippen LogP contribution in [0.3, 0.4) is 0 Å². The normalized spacial score (nSPS) is 18.4. The van der Waals surface area contributed by atoms with Gasteiger partial charge < -0.3 is 9.47 Å². The van der Waals surface area contributed by atoms with E-state index in [0.717, 1.165) is 45.3 Å². The maximum atomic E-state index is 6.79. The van der Waals surface area contributed by atoms with Crippen molar-refractivity contribution in [1.29, 1.82) is 0 Å². The smallest absolute Gasteiger partial charge is 0.216 e. The lowest BCUT2D eigenvalue weighted by Crippen LogP contribution is -2.32. The molecular formula is C45H48N4O2. The monoisotopic (exact) mass is 676 g/mol. The number of pyridine rings is 2. The number of fused-ring (bicyclic) bond motifs is 2. The Hall–Kier alpha value is -4.97. The average molecular weight is 677 g/mol. The topological polar surface area (TPSA) is 59.8 Å². The summed E-state index contributed by atoms with van der Waals surface area (Å²) in [6, 6.07) is 30.1. The van der Waals surface area contributed by atoms with E-state index in [4.69, 9.17) is 19.5 Å². The van der Waals surface area contributed by atoms with Crippen molar-refractivity contribution in [2.45, 2.75) is 90.5 Å². The van der Waals surface area contributed by atoms with Crippen LogP contribution in [0.15, 0.2) is 102 Å². The van der Waals surface area contributed by atoms with Gasteiger partial charge in [-0.05, 0) is 102 Å². The van der Waals surface area contributed by atoms with Crippen LogP contribution in [0.5, 0.6) is 11.5 Å². The number of hydrogen-bond acceptors (Lipinski definition) is 6. The highest BCUT2D eigenvalue weighted by Gasteiger charge is 2.39. The molecule has 1 atom stereocenters. The third-order valence-electron chi connectivity index (χ3n) is 11.0. The van der Waals surface area contributed by atoms with Crippen molar-refractivity contribution in [2.75, 3.05) is 11.5 Å². The molecule has 0 amide bonds. The summed E-state index contributed by atoms with van der Waals surface area (Å²) < 4.78 is 13.1. The highest BCUT2D eigenvalue weighted by Crippen LogP contribution is 2.52. The fourth-order valence-electron chi connectivity index (χ4n) is 8.10. The number of aromatic nitrogens is 2. The number of ether oxygens (including phenoxy) is 2. The van der Waals surface area contributed by atoms with Gasteiger partial charge in [0.1, 0.15) is 23.9 Å². The molecule has 0 spiro atoms. The average Bonchev–Trinajstić information content (AvgIpc) is 3.63. The fourth-order valence-corrected chi connectivity index (χ4v) is 8.10. The highest BCUT2D eigenvalue weighted by molar-refractivity contribution is 5.97. The summed E-state index contributed by atoms with van der Waals surface area (Å²) in [6.07, 6.45) is 10.1. The van der Waals surface area contributed by atoms with Crippen molar-refractivity contribution in [3.63, 3.8) is 0 Å². The van der Waals surface area contributed by atoms with Crippen molar-refractivity contribution in [1.82, 2.24) is 9.97 Å². The molecule has 2 aliphatic heterocycles. The van der Waals surface area contributed by atoms with Gasteiger partial charge in [0.15, 0.2) is 0 Å². The Morgan fingerprint density at radius 1 is 0.784 bits per heavy atom. The van der Waals surface area contributed by atoms with E-state index in [2.05, 4.69) is 112 Å². The van der Waals surface area contributed by atoms with Gasteiger partial charge in [0.05, 0.1) is 23.1 Å². The first-order valence-electron chi connectivity index (χ1n) is 18.5. The van der Waals surface area contributed by atoms with Crippen LogP contribution < -0.4 is 9.64 Å². The maximum absolute atomic E-state index is 6.79. The predicted molar refractivity (Wildman–Crippen MR) is 207 cm³/mol. The van der Waals surface area contributed by atoms with Gasteiger partial charge >= 0.3 is 0 Å². The molecule has 8 rings (SSSR count). The Labute approximate surface area is 302 Å². The van der Waals surface area contributed by atoms with E-state index >= 15 is 0 Å². The van der Waals surface area contributed by atoms with E-state index < -0.39 is 0 Å². The third-order valence-corrected chi connectivity index (χ3v) is 11.0. The van der Waals surface area contributed by atoms with Crippen LogP contribution in [0.4, 0.5) is 17.2 Å². The first-order chi connectivity index (χ1) is 24.5. The predicted octanol–water partition coefficient (Wildman–Crippen LogP) is 11.4. The van der Waals surface area contributed by atoms with E-state index in [0.29, 0.717) is 24.2 Å². The number of hydrogen-bond donors (Lipinski definition) is 0. The Bertz CT molecular complexity index is 2110. The molecule has 1 aliphatic carbocycles. The van der Waals surface area contributed by atoms with Gasteiger partial charge in [0.25, 0.3) is 0 Å². The summed E-state index contributed by atoms with van der Waals surface area (Å²) in [4.78, 5) is 17.1. The van der Waals surface area contributed by atoms with Crippen LogP contribution in [0.1, 0.15) is 94.5 Å². The maximum Gasteiger partial charge on any atom is 0.216 e. The van der Waals surface area contributed by atoms with Crippen molar-refractivity contribution in [3.8, 4) is 22.8 Å². The van der Waals surface area contributed by atoms with Gasteiger partial charge in [-0.1, -0.05) is 78.1 Å². The summed E-state index contributed by atoms with van der Waals surface area (Å²) in [6.45, 7) is 14.2. The molecule has 5 aromatic rings. The highest BCUT2D eigenvalue weighted by atomic mass is 16.5. The van der Waals surface area contributed by atoms with Gasteiger partial charge in [-0.15, -0.1) is 0 Å². The minimum Gasteiger partial charge on any atom is -0.475 e. The largest absolute Gasteiger partial charge is 0.475 e. The molecule has 0 unspecified atom stereocenters. The molecule has 4 heterocycles. The summed E-state index contributed by atoms with van der Waals surface area (Å²) in [5.74, 6) is 3.70. The molecule has 3 aliphatic rings. The Kier molecular flexibility index (Phi) is 8.44. The van der Waals surface area contributed by atoms with Crippen molar-refractivity contribution in [3.05, 3.63) is 125 Å². The van der Waals surface area contributed by atoms with Gasteiger partial charge in [-0.2, -0.15) is 0 Å². The molecule has 6 heteroatoms. The minimum atomic E-state index is -0.219. The molecule has 6 nitrogen and oxygen atoms in total. The van der Waals surface area contributed by atoms with Gasteiger partial charge in [-0.25, -0.2) is 9.98 Å². The second kappa shape index (κ2) is 13.0. The summed E-state index contributed by atoms with van der Waals surface area (Å²) >= 11 is 0. The lowest BCUT2D eigenvalue weighted by molar-refractivity contribution is 0.240. The molecule has 1 saturated carbocycles. The molecule has 1 fully saturated rings. The number of aryl methyl sites for hydroxylation is 1. The molecule has 0 saturated heterocycles. The van der Waals surface area contributed by atoms with Crippen LogP contribution in [0, 0.1) is 12.8 Å². The summed E-state index contributed by atoms with van der Waals surface area (Å²) in [7, 11) is 0. The number of benzene rings is 3. The molecule has 51 heavy (non-hydrogen) atoms. The van der Waals surface area contributed by atoms with Gasteiger partial charge in [-0.3, -0.25) is 9.88 Å². The van der Waals surface area contributed by atoms with Crippen LogP contribution in [0.2, 0.25) is 0 Å². The Balaban J connectivity index is 1.19. The van der Waals surface area contributed by atoms with Crippen LogP contribution in [-0.4, -0.2) is 28.5 Å². The molecule has 3 aromatic carbocycles. The Morgan fingerprint density at radius 2 is 1.57 bits per heavy atom. The summed E-state index contributed by atoms with van der Waals surface area (Å²) in [5.41, 5.74) is 9.61. The second-order valence-corrected chi connectivity index (χ2v) is 16.1. The minimum absolute atomic E-state index is 0.0318. The number of aliphatic imine (C=N–C) groups is 1. The summed E-state index contributed by atoms with van der Waals surface area (Å²) in [5, 5.41) is 0. The van der Waals surface area contributed by atoms with Gasteiger partial charge in [0.2, 0.25) is 5.90 Å². The molecule has 0 radical (unpaired) electrons. The second-order valence-electron chi connectivity index (χ2n) is 16.1. The first-order valence-corrected chi connectivity index (χ1v) is 18.5. The third kappa shape index (κ3) is 6.41. The fraction of sp³-hybridized carbons (Fsp3) is 0.356. The van der Waals surface area contributed by atoms with Crippen LogP contribution in [0.25, 0.3) is 11.3 Å². The SMILES string of the molecule is Cc1cc(Oc2cc(C3=N[C@H](C4CCCCC4)CO3)cc(-c3ccccn3)c2)cc(N2c3ccc(C(C)(C)C)cc3C(C)(C)c3cccnc32)c1. The van der Waals surface area contributed by atoms with E-state index in [-0.39, 0.29) is 16.9 Å². The van der Waals surface area contributed by atoms with Crippen molar-refractivity contribution < 1.29 is 9.47 Å². The van der Waals surface area contributed by atoms with Crippen molar-refractivity contribution in [2.24, 2.45) is 10.9 Å². The van der Waals surface area contributed by atoms with E-state index in [1.54, 1.807) is 0 Å². The van der Waals surface area contributed by atoms with Gasteiger partial charge in [0, 0.05) is 40.6 Å². The molecule has 2 aromatic heterocycles. The zero-order chi connectivity index (χ0) is 35.3. The van der Waals surface area contributed by atoms with E-state index in [1.165, 1.54) is 48.8 Å². The molecule has 260 valence electrons. The first kappa shape index (κ1) is 33.2. The van der Waals surface area contributed by atoms with Crippen LogP contribution in [-0.2, 0) is 15.6 Å². The number of nitrogens with zero attached hydrogens (tertiary/aromatic N) is 4. The van der Waals surface area contributed by atoms with E-state index in [1.807, 2.05) is 36.7 Å². The van der Waals surface area contributed by atoms with E-state index in [9.17, 15) is 0 Å². The lowest BCUT2D eigenvalue weighted by Gasteiger charge is -2.41. The lowest BCUT2D eigenvalue weighted by atomic mass is 9.72. The Morgan fingerprint density at radius 3 is 2.35 bits per heavy atom. The molecular weight excluding hydrogens is 629 g/mol. The zero-order valence-electron chi connectivity index (χ0n) is 30.7.